The summed E-state index contributed by atoms with van der Waals surface area (Å²) in [6, 6.07) is 5.87. The van der Waals surface area contributed by atoms with Crippen molar-refractivity contribution in [2.75, 3.05) is 26.7 Å². The predicted octanol–water partition coefficient (Wildman–Crippen LogP) is 2.60. The monoisotopic (exact) mass is 390 g/mol. The number of guanidine groups is 1. The molecular formula is C21H34N4O3. The molecular weight excluding hydrogens is 356 g/mol. The molecule has 0 bridgehead atoms. The van der Waals surface area contributed by atoms with Crippen LogP contribution in [0.1, 0.15) is 51.5 Å². The van der Waals surface area contributed by atoms with Crippen LogP contribution in [0.4, 0.5) is 0 Å². The molecule has 3 N–H and O–H groups in total. The summed E-state index contributed by atoms with van der Waals surface area (Å²) in [6.45, 7) is 6.04. The lowest BCUT2D eigenvalue weighted by molar-refractivity contribution is -0.120. The van der Waals surface area contributed by atoms with Crippen molar-refractivity contribution in [2.45, 2.75) is 58.6 Å². The molecule has 0 unspecified atom stereocenters. The molecule has 7 nitrogen and oxygen atoms in total. The molecule has 1 amide bonds. The first-order chi connectivity index (χ1) is 13.7. The Morgan fingerprint density at radius 3 is 2.64 bits per heavy atom. The van der Waals surface area contributed by atoms with Gasteiger partial charge in [-0.2, -0.15) is 0 Å². The van der Waals surface area contributed by atoms with E-state index >= 15 is 0 Å². The molecule has 1 fully saturated rings. The van der Waals surface area contributed by atoms with Crippen molar-refractivity contribution in [3.8, 4) is 11.5 Å². The number of rotatable bonds is 10. The van der Waals surface area contributed by atoms with Gasteiger partial charge in [-0.3, -0.25) is 4.79 Å². The van der Waals surface area contributed by atoms with Crippen LogP contribution in [0.2, 0.25) is 0 Å². The molecule has 0 atom stereocenters. The van der Waals surface area contributed by atoms with E-state index in [0.29, 0.717) is 25.6 Å². The quantitative estimate of drug-likeness (QED) is 0.422. The van der Waals surface area contributed by atoms with Crippen LogP contribution in [0, 0.1) is 0 Å². The van der Waals surface area contributed by atoms with Gasteiger partial charge in [-0.25, -0.2) is 4.99 Å². The minimum Gasteiger partial charge on any atom is -0.493 e. The Morgan fingerprint density at radius 2 is 1.96 bits per heavy atom. The van der Waals surface area contributed by atoms with E-state index < -0.39 is 0 Å². The summed E-state index contributed by atoms with van der Waals surface area (Å²) in [5.41, 5.74) is 0.971. The summed E-state index contributed by atoms with van der Waals surface area (Å²) < 4.78 is 11.8. The van der Waals surface area contributed by atoms with E-state index in [-0.39, 0.29) is 18.6 Å². The Kier molecular flexibility index (Phi) is 9.45. The number of benzene rings is 1. The molecule has 0 aliphatic heterocycles. The first-order valence-corrected chi connectivity index (χ1v) is 10.3. The van der Waals surface area contributed by atoms with Crippen molar-refractivity contribution in [2.24, 2.45) is 4.99 Å². The van der Waals surface area contributed by atoms with Crippen molar-refractivity contribution < 1.29 is 14.3 Å². The summed E-state index contributed by atoms with van der Waals surface area (Å²) in [4.78, 5) is 16.4. The molecule has 0 spiro atoms. The number of amides is 1. The average molecular weight is 391 g/mol. The lowest BCUT2D eigenvalue weighted by atomic mass is 10.1. The molecule has 1 aromatic rings. The maximum absolute atomic E-state index is 11.8. The minimum absolute atomic E-state index is 0.0425. The minimum atomic E-state index is -0.0425. The van der Waals surface area contributed by atoms with Crippen molar-refractivity contribution in [3.63, 3.8) is 0 Å². The van der Waals surface area contributed by atoms with Gasteiger partial charge >= 0.3 is 0 Å². The Labute approximate surface area is 168 Å². The lowest BCUT2D eigenvalue weighted by Crippen LogP contribution is -2.43. The molecule has 2 rings (SSSR count). The van der Waals surface area contributed by atoms with Crippen LogP contribution in [-0.4, -0.2) is 44.7 Å². The van der Waals surface area contributed by atoms with Crippen LogP contribution in [0.5, 0.6) is 11.5 Å². The maximum Gasteiger partial charge on any atom is 0.239 e. The maximum atomic E-state index is 11.8. The third-order valence-corrected chi connectivity index (χ3v) is 4.61. The molecule has 0 aromatic heterocycles. The van der Waals surface area contributed by atoms with Gasteiger partial charge in [0.05, 0.1) is 26.3 Å². The number of methoxy groups -OCH3 is 1. The van der Waals surface area contributed by atoms with E-state index in [1.54, 1.807) is 7.11 Å². The van der Waals surface area contributed by atoms with E-state index in [0.717, 1.165) is 36.3 Å². The summed E-state index contributed by atoms with van der Waals surface area (Å²) in [6.07, 6.45) is 5.74. The molecule has 0 saturated heterocycles. The molecule has 0 radical (unpaired) electrons. The van der Waals surface area contributed by atoms with Crippen molar-refractivity contribution in [1.29, 1.82) is 0 Å². The first kappa shape index (κ1) is 21.9. The Balaban J connectivity index is 2.06. The van der Waals surface area contributed by atoms with Gasteiger partial charge in [-0.05, 0) is 45.1 Å². The molecule has 28 heavy (non-hydrogen) atoms. The molecule has 7 heteroatoms. The average Bonchev–Trinajstić information content (AvgIpc) is 3.22. The van der Waals surface area contributed by atoms with Crippen LogP contribution < -0.4 is 25.4 Å². The van der Waals surface area contributed by atoms with Gasteiger partial charge in [0.1, 0.15) is 0 Å². The molecule has 1 aliphatic carbocycles. The number of carbonyl (C=O) groups excluding carboxylic acids is 1. The zero-order valence-electron chi connectivity index (χ0n) is 17.3. The number of carbonyl (C=O) groups is 1. The van der Waals surface area contributed by atoms with E-state index in [4.69, 9.17) is 9.47 Å². The van der Waals surface area contributed by atoms with Gasteiger partial charge in [-0.15, -0.1) is 0 Å². The smallest absolute Gasteiger partial charge is 0.239 e. The zero-order chi connectivity index (χ0) is 20.2. The molecule has 1 saturated carbocycles. The first-order valence-electron chi connectivity index (χ1n) is 10.3. The predicted molar refractivity (Wildman–Crippen MR) is 112 cm³/mol. The van der Waals surface area contributed by atoms with E-state index in [9.17, 15) is 4.79 Å². The van der Waals surface area contributed by atoms with Gasteiger partial charge in [0.15, 0.2) is 17.5 Å². The van der Waals surface area contributed by atoms with Crippen LogP contribution in [0.3, 0.4) is 0 Å². The van der Waals surface area contributed by atoms with Crippen molar-refractivity contribution >= 4 is 11.9 Å². The second-order valence-corrected chi connectivity index (χ2v) is 6.87. The number of para-hydroxylation sites is 1. The standard InChI is InChI=1S/C21H34N4O3/c1-4-13-23-19(26)15-25-21(22-5-2)24-14-16-9-8-12-18(27-3)20(16)28-17-10-6-7-11-17/h8-9,12,17H,4-7,10-11,13-15H2,1-3H3,(H,23,26)(H2,22,24,25). The highest BCUT2D eigenvalue weighted by atomic mass is 16.5. The highest BCUT2D eigenvalue weighted by Crippen LogP contribution is 2.35. The van der Waals surface area contributed by atoms with E-state index in [1.807, 2.05) is 32.0 Å². The fraction of sp³-hybridized carbons (Fsp3) is 0.619. The Morgan fingerprint density at radius 1 is 1.18 bits per heavy atom. The molecule has 156 valence electrons. The third-order valence-electron chi connectivity index (χ3n) is 4.61. The Hall–Kier alpha value is -2.44. The number of aliphatic imine (C=N–C) groups is 1. The van der Waals surface area contributed by atoms with Crippen LogP contribution in [0.15, 0.2) is 23.2 Å². The van der Waals surface area contributed by atoms with E-state index in [1.165, 1.54) is 12.8 Å². The second kappa shape index (κ2) is 12.1. The second-order valence-electron chi connectivity index (χ2n) is 6.87. The fourth-order valence-corrected chi connectivity index (χ4v) is 3.15. The SMILES string of the molecule is CCCNC(=O)CNC(=NCc1cccc(OC)c1OC1CCCC1)NCC. The van der Waals surface area contributed by atoms with Gasteiger partial charge in [-0.1, -0.05) is 19.1 Å². The van der Waals surface area contributed by atoms with Gasteiger partial charge < -0.3 is 25.4 Å². The van der Waals surface area contributed by atoms with Crippen LogP contribution in [-0.2, 0) is 11.3 Å². The van der Waals surface area contributed by atoms with Crippen LogP contribution in [0.25, 0.3) is 0 Å². The van der Waals surface area contributed by atoms with Gasteiger partial charge in [0.2, 0.25) is 5.91 Å². The van der Waals surface area contributed by atoms with Crippen molar-refractivity contribution in [3.05, 3.63) is 23.8 Å². The zero-order valence-corrected chi connectivity index (χ0v) is 17.3. The number of nitrogens with one attached hydrogen (secondary N) is 3. The molecule has 1 aliphatic rings. The third kappa shape index (κ3) is 6.94. The summed E-state index contributed by atoms with van der Waals surface area (Å²) in [5, 5.41) is 9.10. The summed E-state index contributed by atoms with van der Waals surface area (Å²) >= 11 is 0. The molecule has 0 heterocycles. The fourth-order valence-electron chi connectivity index (χ4n) is 3.15. The largest absolute Gasteiger partial charge is 0.493 e. The highest BCUT2D eigenvalue weighted by Gasteiger charge is 2.20. The highest BCUT2D eigenvalue weighted by molar-refractivity contribution is 5.86. The normalized spacial score (nSPS) is 14.6. The lowest BCUT2D eigenvalue weighted by Gasteiger charge is -2.19. The van der Waals surface area contributed by atoms with E-state index in [2.05, 4.69) is 20.9 Å². The topological polar surface area (TPSA) is 84.0 Å². The van der Waals surface area contributed by atoms with Crippen molar-refractivity contribution in [1.82, 2.24) is 16.0 Å². The molecule has 1 aromatic carbocycles. The number of ether oxygens (including phenoxy) is 2. The van der Waals surface area contributed by atoms with Gasteiger partial charge in [0, 0.05) is 18.7 Å². The Bertz CT molecular complexity index is 643. The number of hydrogen-bond acceptors (Lipinski definition) is 4. The summed E-state index contributed by atoms with van der Waals surface area (Å²) in [5.74, 6) is 2.07. The summed E-state index contributed by atoms with van der Waals surface area (Å²) in [7, 11) is 1.66. The van der Waals surface area contributed by atoms with Gasteiger partial charge in [0.25, 0.3) is 0 Å². The number of hydrogen-bond donors (Lipinski definition) is 3. The number of nitrogens with zero attached hydrogens (tertiary/aromatic N) is 1. The van der Waals surface area contributed by atoms with Crippen LogP contribution >= 0.6 is 0 Å².